The molecule has 1 aliphatic rings. The summed E-state index contributed by atoms with van der Waals surface area (Å²) in [6.45, 7) is 0.557. The molecule has 0 aromatic heterocycles. The highest BCUT2D eigenvalue weighted by atomic mass is 19.1. The van der Waals surface area contributed by atoms with E-state index < -0.39 is 23.4 Å². The van der Waals surface area contributed by atoms with E-state index in [1.165, 1.54) is 25.3 Å². The summed E-state index contributed by atoms with van der Waals surface area (Å²) in [5.74, 6) is -1.06. The summed E-state index contributed by atoms with van der Waals surface area (Å²) >= 11 is 0. The Morgan fingerprint density at radius 3 is 2.42 bits per heavy atom. The molecule has 1 aromatic rings. The molecule has 2 amide bonds. The quantitative estimate of drug-likeness (QED) is 0.863. The topological polar surface area (TPSA) is 41.1 Å². The van der Waals surface area contributed by atoms with Crippen molar-refractivity contribution >= 4 is 11.7 Å². The molecule has 3 nitrogen and oxygen atoms in total. The van der Waals surface area contributed by atoms with Gasteiger partial charge in [0.25, 0.3) is 0 Å². The number of nitrogens with one attached hydrogen (secondary N) is 2. The number of para-hydroxylation sites is 1. The summed E-state index contributed by atoms with van der Waals surface area (Å²) < 4.78 is 26.6. The summed E-state index contributed by atoms with van der Waals surface area (Å²) in [5.41, 5.74) is -0.399. The Labute approximate surface area is 111 Å². The highest BCUT2D eigenvalue weighted by molar-refractivity contribution is 5.89. The fourth-order valence-corrected chi connectivity index (χ4v) is 2.40. The van der Waals surface area contributed by atoms with Gasteiger partial charge in [-0.05, 0) is 30.9 Å². The average molecular weight is 268 g/mol. The normalized spacial score (nSPS) is 16.1. The SMILES string of the molecule is O=C(NCC1CCCCC1)Nc1c(F)cccc1F. The van der Waals surface area contributed by atoms with Crippen molar-refractivity contribution in [2.45, 2.75) is 32.1 Å². The van der Waals surface area contributed by atoms with E-state index in [1.54, 1.807) is 0 Å². The zero-order valence-electron chi connectivity index (χ0n) is 10.7. The number of amides is 2. The molecule has 0 unspecified atom stereocenters. The van der Waals surface area contributed by atoms with E-state index in [4.69, 9.17) is 0 Å². The maximum Gasteiger partial charge on any atom is 0.319 e. The smallest absolute Gasteiger partial charge is 0.319 e. The van der Waals surface area contributed by atoms with Gasteiger partial charge in [-0.3, -0.25) is 0 Å². The Kier molecular flexibility index (Phi) is 4.71. The van der Waals surface area contributed by atoms with E-state index in [0.29, 0.717) is 12.5 Å². The number of halogens is 2. The van der Waals surface area contributed by atoms with Crippen molar-refractivity contribution in [3.05, 3.63) is 29.8 Å². The van der Waals surface area contributed by atoms with Crippen LogP contribution in [0.1, 0.15) is 32.1 Å². The first-order valence-corrected chi connectivity index (χ1v) is 6.65. The second-order valence-corrected chi connectivity index (χ2v) is 4.94. The molecule has 1 aliphatic carbocycles. The van der Waals surface area contributed by atoms with E-state index in [0.717, 1.165) is 25.0 Å². The largest absolute Gasteiger partial charge is 0.338 e. The minimum absolute atomic E-state index is 0.399. The van der Waals surface area contributed by atoms with Crippen molar-refractivity contribution < 1.29 is 13.6 Å². The van der Waals surface area contributed by atoms with Crippen LogP contribution in [0.2, 0.25) is 0 Å². The number of carbonyl (C=O) groups is 1. The molecule has 0 aliphatic heterocycles. The molecular formula is C14H18F2N2O. The van der Waals surface area contributed by atoms with Gasteiger partial charge in [-0.1, -0.05) is 25.3 Å². The number of urea groups is 1. The monoisotopic (exact) mass is 268 g/mol. The van der Waals surface area contributed by atoms with Gasteiger partial charge in [-0.2, -0.15) is 0 Å². The minimum Gasteiger partial charge on any atom is -0.338 e. The summed E-state index contributed by atoms with van der Waals surface area (Å²) in [5, 5.41) is 4.89. The molecule has 0 bridgehead atoms. The predicted octanol–water partition coefficient (Wildman–Crippen LogP) is 3.67. The van der Waals surface area contributed by atoms with Crippen molar-refractivity contribution in [1.82, 2.24) is 5.32 Å². The summed E-state index contributed by atoms with van der Waals surface area (Å²) in [4.78, 5) is 11.6. The van der Waals surface area contributed by atoms with E-state index >= 15 is 0 Å². The van der Waals surface area contributed by atoms with Gasteiger partial charge in [0.05, 0.1) is 0 Å². The molecule has 2 rings (SSSR count). The molecular weight excluding hydrogens is 250 g/mol. The van der Waals surface area contributed by atoms with Crippen molar-refractivity contribution in [2.75, 3.05) is 11.9 Å². The number of rotatable bonds is 3. The zero-order valence-corrected chi connectivity index (χ0v) is 10.7. The Balaban J connectivity index is 1.83. The maximum atomic E-state index is 13.3. The van der Waals surface area contributed by atoms with Gasteiger partial charge in [0.15, 0.2) is 0 Å². The van der Waals surface area contributed by atoms with E-state index in [2.05, 4.69) is 10.6 Å². The first-order chi connectivity index (χ1) is 9.16. The van der Waals surface area contributed by atoms with Gasteiger partial charge in [-0.25, -0.2) is 13.6 Å². The Bertz CT molecular complexity index is 425. The molecule has 2 N–H and O–H groups in total. The van der Waals surface area contributed by atoms with Gasteiger partial charge < -0.3 is 10.6 Å². The van der Waals surface area contributed by atoms with Gasteiger partial charge in [-0.15, -0.1) is 0 Å². The molecule has 0 spiro atoms. The van der Waals surface area contributed by atoms with E-state index in [-0.39, 0.29) is 0 Å². The third kappa shape index (κ3) is 3.91. The van der Waals surface area contributed by atoms with Crippen molar-refractivity contribution in [1.29, 1.82) is 0 Å². The van der Waals surface area contributed by atoms with Gasteiger partial charge >= 0.3 is 6.03 Å². The van der Waals surface area contributed by atoms with Crippen LogP contribution in [-0.4, -0.2) is 12.6 Å². The van der Waals surface area contributed by atoms with Crippen molar-refractivity contribution in [3.63, 3.8) is 0 Å². The molecule has 0 heterocycles. The van der Waals surface area contributed by atoms with Crippen LogP contribution in [0.15, 0.2) is 18.2 Å². The number of hydrogen-bond donors (Lipinski definition) is 2. The maximum absolute atomic E-state index is 13.3. The predicted molar refractivity (Wildman–Crippen MR) is 70.0 cm³/mol. The zero-order chi connectivity index (χ0) is 13.7. The van der Waals surface area contributed by atoms with E-state index in [9.17, 15) is 13.6 Å². The van der Waals surface area contributed by atoms with Crippen LogP contribution in [0, 0.1) is 17.6 Å². The first-order valence-electron chi connectivity index (χ1n) is 6.65. The van der Waals surface area contributed by atoms with E-state index in [1.807, 2.05) is 0 Å². The van der Waals surface area contributed by atoms with Crippen LogP contribution in [0.4, 0.5) is 19.3 Å². The van der Waals surface area contributed by atoms with Crippen molar-refractivity contribution in [3.8, 4) is 0 Å². The fraction of sp³-hybridized carbons (Fsp3) is 0.500. The van der Waals surface area contributed by atoms with Crippen LogP contribution in [0.5, 0.6) is 0 Å². The highest BCUT2D eigenvalue weighted by Crippen LogP contribution is 2.23. The molecule has 0 atom stereocenters. The molecule has 1 saturated carbocycles. The molecule has 0 radical (unpaired) electrons. The van der Waals surface area contributed by atoms with Gasteiger partial charge in [0.1, 0.15) is 17.3 Å². The number of anilines is 1. The second kappa shape index (κ2) is 6.50. The lowest BCUT2D eigenvalue weighted by Crippen LogP contribution is -2.34. The highest BCUT2D eigenvalue weighted by Gasteiger charge is 2.15. The molecule has 19 heavy (non-hydrogen) atoms. The van der Waals surface area contributed by atoms with Crippen LogP contribution in [0.25, 0.3) is 0 Å². The summed E-state index contributed by atoms with van der Waals surface area (Å²) in [6, 6.07) is 2.92. The fourth-order valence-electron chi connectivity index (χ4n) is 2.40. The molecule has 1 fully saturated rings. The van der Waals surface area contributed by atoms with Gasteiger partial charge in [0.2, 0.25) is 0 Å². The Morgan fingerprint density at radius 2 is 1.79 bits per heavy atom. The number of hydrogen-bond acceptors (Lipinski definition) is 1. The Hall–Kier alpha value is -1.65. The lowest BCUT2D eigenvalue weighted by atomic mass is 9.89. The van der Waals surface area contributed by atoms with Crippen LogP contribution in [0.3, 0.4) is 0 Å². The van der Waals surface area contributed by atoms with Crippen LogP contribution >= 0.6 is 0 Å². The van der Waals surface area contributed by atoms with Crippen LogP contribution < -0.4 is 10.6 Å². The molecule has 1 aromatic carbocycles. The number of benzene rings is 1. The minimum atomic E-state index is -0.771. The standard InChI is InChI=1S/C14H18F2N2O/c15-11-7-4-8-12(16)13(11)18-14(19)17-9-10-5-2-1-3-6-10/h4,7-8,10H,1-3,5-6,9H2,(H2,17,18,19). The lowest BCUT2D eigenvalue weighted by molar-refractivity contribution is 0.247. The summed E-state index contributed by atoms with van der Waals surface area (Å²) in [6.07, 6.45) is 5.84. The number of carbonyl (C=O) groups excluding carboxylic acids is 1. The molecule has 5 heteroatoms. The summed E-state index contributed by atoms with van der Waals surface area (Å²) in [7, 11) is 0. The van der Waals surface area contributed by atoms with Gasteiger partial charge in [0, 0.05) is 6.54 Å². The third-order valence-corrected chi connectivity index (χ3v) is 3.48. The molecule has 104 valence electrons. The van der Waals surface area contributed by atoms with Crippen LogP contribution in [-0.2, 0) is 0 Å². The first kappa shape index (κ1) is 13.8. The third-order valence-electron chi connectivity index (χ3n) is 3.48. The second-order valence-electron chi connectivity index (χ2n) is 4.94. The molecule has 0 saturated heterocycles. The lowest BCUT2D eigenvalue weighted by Gasteiger charge is -2.21. The average Bonchev–Trinajstić information content (AvgIpc) is 2.42. The van der Waals surface area contributed by atoms with Crippen molar-refractivity contribution in [2.24, 2.45) is 5.92 Å². The Morgan fingerprint density at radius 1 is 1.16 bits per heavy atom.